The summed E-state index contributed by atoms with van der Waals surface area (Å²) in [4.78, 5) is 16.4. The maximum atomic E-state index is 11.3. The van der Waals surface area contributed by atoms with E-state index >= 15 is 0 Å². The zero-order valence-electron chi connectivity index (χ0n) is 25.0. The molecule has 2 fully saturated rings. The zero-order valence-corrected chi connectivity index (χ0v) is 25.0. The van der Waals surface area contributed by atoms with E-state index in [0.29, 0.717) is 12.2 Å². The molecule has 2 aliphatic rings. The van der Waals surface area contributed by atoms with Crippen molar-refractivity contribution in [2.24, 2.45) is 0 Å². The molecule has 0 aromatic heterocycles. The van der Waals surface area contributed by atoms with Crippen molar-refractivity contribution in [1.82, 2.24) is 9.80 Å². The van der Waals surface area contributed by atoms with Gasteiger partial charge >= 0.3 is 5.97 Å². The Bertz CT molecular complexity index is 984. The highest BCUT2D eigenvalue weighted by atomic mass is 16.5. The fourth-order valence-electron chi connectivity index (χ4n) is 5.28. The summed E-state index contributed by atoms with van der Waals surface area (Å²) in [6.45, 7) is 11.9. The molecule has 6 heteroatoms. The van der Waals surface area contributed by atoms with Crippen LogP contribution in [-0.2, 0) is 4.74 Å². The number of piperidine rings is 2. The fourth-order valence-corrected chi connectivity index (χ4v) is 5.28. The van der Waals surface area contributed by atoms with Crippen LogP contribution >= 0.6 is 0 Å². The molecule has 0 saturated carbocycles. The van der Waals surface area contributed by atoms with E-state index in [1.54, 1.807) is 12.1 Å². The van der Waals surface area contributed by atoms with E-state index < -0.39 is 0 Å². The second kappa shape index (κ2) is 18.5. The van der Waals surface area contributed by atoms with Gasteiger partial charge in [0.2, 0.25) is 0 Å². The van der Waals surface area contributed by atoms with Gasteiger partial charge in [0.15, 0.2) is 0 Å². The average molecular weight is 551 g/mol. The van der Waals surface area contributed by atoms with E-state index in [2.05, 4.69) is 57.9 Å². The van der Waals surface area contributed by atoms with Crippen LogP contribution in [0.4, 0.5) is 0 Å². The van der Waals surface area contributed by atoms with Crippen LogP contribution in [0.15, 0.2) is 54.6 Å². The Morgan fingerprint density at radius 2 is 1.43 bits per heavy atom. The Morgan fingerprint density at radius 3 is 2.02 bits per heavy atom. The van der Waals surface area contributed by atoms with Gasteiger partial charge < -0.3 is 24.0 Å². The second-order valence-corrected chi connectivity index (χ2v) is 10.8. The van der Waals surface area contributed by atoms with Gasteiger partial charge in [0.05, 0.1) is 25.9 Å². The van der Waals surface area contributed by atoms with Crippen LogP contribution in [0, 0.1) is 0 Å². The molecule has 1 atom stereocenters. The van der Waals surface area contributed by atoms with E-state index in [1.807, 2.05) is 19.1 Å². The van der Waals surface area contributed by atoms with Crippen LogP contribution in [0.1, 0.15) is 81.1 Å². The molecule has 2 heterocycles. The van der Waals surface area contributed by atoms with Gasteiger partial charge in [0.1, 0.15) is 11.5 Å². The van der Waals surface area contributed by atoms with Gasteiger partial charge in [0, 0.05) is 19.1 Å². The van der Waals surface area contributed by atoms with Gasteiger partial charge in [-0.05, 0) is 114 Å². The molecule has 0 spiro atoms. The topological polar surface area (TPSA) is 51.2 Å². The number of likely N-dealkylation sites (tertiary alicyclic amines) is 2. The number of carbonyl (C=O) groups is 1. The lowest BCUT2D eigenvalue weighted by molar-refractivity contribution is 0.0600. The molecule has 1 unspecified atom stereocenters. The largest absolute Gasteiger partial charge is 0.494 e. The average Bonchev–Trinajstić information content (AvgIpc) is 3.00. The molecule has 2 aliphatic heterocycles. The number of nitrogens with zero attached hydrogens (tertiary/aromatic N) is 2. The minimum absolute atomic E-state index is 0.318. The summed E-state index contributed by atoms with van der Waals surface area (Å²) in [6, 6.07) is 16.1. The normalized spacial score (nSPS) is 18.1. The first-order valence-corrected chi connectivity index (χ1v) is 15.2. The molecule has 0 radical (unpaired) electrons. The summed E-state index contributed by atoms with van der Waals surface area (Å²) in [5.41, 5.74) is 1.77. The number of rotatable bonds is 12. The van der Waals surface area contributed by atoms with Crippen molar-refractivity contribution in [1.29, 1.82) is 0 Å². The maximum absolute atomic E-state index is 11.3. The third-order valence-electron chi connectivity index (χ3n) is 7.65. The molecule has 2 aromatic carbocycles. The van der Waals surface area contributed by atoms with Crippen molar-refractivity contribution in [2.75, 3.05) is 53.0 Å². The van der Waals surface area contributed by atoms with Crippen LogP contribution in [0.3, 0.4) is 0 Å². The molecule has 0 aliphatic carbocycles. The van der Waals surface area contributed by atoms with Crippen LogP contribution in [-0.4, -0.2) is 74.9 Å². The molecule has 220 valence electrons. The van der Waals surface area contributed by atoms with E-state index in [-0.39, 0.29) is 5.97 Å². The van der Waals surface area contributed by atoms with Crippen molar-refractivity contribution < 1.29 is 19.0 Å². The summed E-state index contributed by atoms with van der Waals surface area (Å²) in [5, 5.41) is 0. The summed E-state index contributed by atoms with van der Waals surface area (Å²) in [5.74, 6) is 1.46. The van der Waals surface area contributed by atoms with Crippen LogP contribution in [0.5, 0.6) is 11.5 Å². The minimum Gasteiger partial charge on any atom is -0.494 e. The molecule has 0 amide bonds. The number of hydrogen-bond donors (Lipinski definition) is 0. The van der Waals surface area contributed by atoms with E-state index in [0.717, 1.165) is 50.1 Å². The number of methoxy groups -OCH3 is 1. The van der Waals surface area contributed by atoms with Gasteiger partial charge in [-0.1, -0.05) is 37.1 Å². The third kappa shape index (κ3) is 11.7. The van der Waals surface area contributed by atoms with Gasteiger partial charge in [-0.15, -0.1) is 0 Å². The van der Waals surface area contributed by atoms with E-state index in [1.165, 1.54) is 70.8 Å². The van der Waals surface area contributed by atoms with Gasteiger partial charge in [0.25, 0.3) is 0 Å². The monoisotopic (exact) mass is 550 g/mol. The fraction of sp³-hybridized carbons (Fsp3) is 0.559. The predicted molar refractivity (Wildman–Crippen MR) is 164 cm³/mol. The standard InChI is InChI=1S/C18H27NO.C16H23NO3/c1-3-7-17-9-11-18(12-10-17)20-15-6-14-19-13-5-4-8-16(19)2;1-19-16(18)14-6-8-15(9-7-14)20-13-5-12-17-10-3-2-4-11-17/h3,7,9-12,16H,4-6,8,13-15H2,1-2H3;6-9H,2-5,10-13H2,1H3. The lowest BCUT2D eigenvalue weighted by Gasteiger charge is -2.33. The molecule has 0 bridgehead atoms. The smallest absolute Gasteiger partial charge is 0.337 e. The van der Waals surface area contributed by atoms with Crippen molar-refractivity contribution in [3.63, 3.8) is 0 Å². The molecule has 2 saturated heterocycles. The Morgan fingerprint density at radius 1 is 0.825 bits per heavy atom. The number of hydrogen-bond acceptors (Lipinski definition) is 6. The van der Waals surface area contributed by atoms with Gasteiger partial charge in [-0.2, -0.15) is 0 Å². The highest BCUT2D eigenvalue weighted by Crippen LogP contribution is 2.18. The molecular weight excluding hydrogens is 500 g/mol. The van der Waals surface area contributed by atoms with Crippen molar-refractivity contribution in [3.8, 4) is 11.5 Å². The first kappa shape index (κ1) is 31.7. The maximum Gasteiger partial charge on any atom is 0.337 e. The van der Waals surface area contributed by atoms with Crippen molar-refractivity contribution in [3.05, 3.63) is 65.7 Å². The lowest BCUT2D eigenvalue weighted by atomic mass is 10.0. The number of benzene rings is 2. The summed E-state index contributed by atoms with van der Waals surface area (Å²) in [7, 11) is 1.38. The van der Waals surface area contributed by atoms with E-state index in [9.17, 15) is 4.79 Å². The Hall–Kier alpha value is -2.83. The Balaban J connectivity index is 0.000000220. The molecular formula is C34H50N2O4. The first-order chi connectivity index (χ1) is 19.6. The molecule has 6 nitrogen and oxygen atoms in total. The van der Waals surface area contributed by atoms with Gasteiger partial charge in [-0.25, -0.2) is 4.79 Å². The van der Waals surface area contributed by atoms with Crippen LogP contribution in [0.2, 0.25) is 0 Å². The zero-order chi connectivity index (χ0) is 28.4. The third-order valence-corrected chi connectivity index (χ3v) is 7.65. The molecule has 40 heavy (non-hydrogen) atoms. The van der Waals surface area contributed by atoms with Crippen LogP contribution in [0.25, 0.3) is 6.08 Å². The molecule has 2 aromatic rings. The summed E-state index contributed by atoms with van der Waals surface area (Å²) >= 11 is 0. The Kier molecular flexibility index (Phi) is 14.7. The van der Waals surface area contributed by atoms with Crippen molar-refractivity contribution >= 4 is 12.0 Å². The van der Waals surface area contributed by atoms with Crippen molar-refractivity contribution in [2.45, 2.75) is 71.3 Å². The Labute approximate surface area is 242 Å². The highest BCUT2D eigenvalue weighted by Gasteiger charge is 2.17. The highest BCUT2D eigenvalue weighted by molar-refractivity contribution is 5.89. The van der Waals surface area contributed by atoms with E-state index in [4.69, 9.17) is 9.47 Å². The number of allylic oxidation sites excluding steroid dienone is 1. The second-order valence-electron chi connectivity index (χ2n) is 10.8. The van der Waals surface area contributed by atoms with Crippen LogP contribution < -0.4 is 9.47 Å². The molecule has 0 N–H and O–H groups in total. The lowest BCUT2D eigenvalue weighted by Crippen LogP contribution is -2.38. The SMILES string of the molecule is CC=Cc1ccc(OCCCN2CCCCC2C)cc1.COC(=O)c1ccc(OCCCN2CCCCC2)cc1. The predicted octanol–water partition coefficient (Wildman–Crippen LogP) is 7.09. The summed E-state index contributed by atoms with van der Waals surface area (Å²) in [6.07, 6.45) is 14.4. The summed E-state index contributed by atoms with van der Waals surface area (Å²) < 4.78 is 16.2. The quantitative estimate of drug-likeness (QED) is 0.208. The number of esters is 1. The van der Waals surface area contributed by atoms with Gasteiger partial charge in [-0.3, -0.25) is 0 Å². The molecule has 4 rings (SSSR count). The number of carbonyl (C=O) groups excluding carboxylic acids is 1. The minimum atomic E-state index is -0.318. The first-order valence-electron chi connectivity index (χ1n) is 15.2. The number of ether oxygens (including phenoxy) is 3.